The molecule has 1 aliphatic rings. The summed E-state index contributed by atoms with van der Waals surface area (Å²) in [7, 11) is 0. The Balaban J connectivity index is 2.29. The first-order valence-corrected chi connectivity index (χ1v) is 6.73. The van der Waals surface area contributed by atoms with E-state index in [1.807, 2.05) is 0 Å². The number of aryl methyl sites for hydroxylation is 1. The average Bonchev–Trinajstić information content (AvgIpc) is 2.61. The predicted molar refractivity (Wildman–Crippen MR) is 76.8 cm³/mol. The lowest BCUT2D eigenvalue weighted by atomic mass is 10.1. The summed E-state index contributed by atoms with van der Waals surface area (Å²) in [5.41, 5.74) is 1.68. The van der Waals surface area contributed by atoms with Crippen molar-refractivity contribution < 1.29 is 23.1 Å². The van der Waals surface area contributed by atoms with E-state index in [9.17, 15) is 18.0 Å². The number of aromatic carboxylic acids is 1. The van der Waals surface area contributed by atoms with Gasteiger partial charge in [-0.3, -0.25) is 0 Å². The minimum atomic E-state index is -4.36. The number of alkyl halides is 3. The molecule has 1 aromatic rings. The van der Waals surface area contributed by atoms with E-state index >= 15 is 0 Å². The fraction of sp³-hybridized carbons (Fsp3) is 0.312. The molecule has 1 heterocycles. The van der Waals surface area contributed by atoms with E-state index in [4.69, 9.17) is 5.11 Å². The van der Waals surface area contributed by atoms with Crippen LogP contribution in [0.5, 0.6) is 0 Å². The van der Waals surface area contributed by atoms with Crippen molar-refractivity contribution >= 4 is 5.97 Å². The highest BCUT2D eigenvalue weighted by Gasteiger charge is 2.31. The maximum Gasteiger partial charge on any atom is 0.416 e. The highest BCUT2D eigenvalue weighted by molar-refractivity contribution is 5.89. The minimum absolute atomic E-state index is 0.216. The second kappa shape index (κ2) is 5.87. The number of hydrogen-bond donors (Lipinski definition) is 1. The van der Waals surface area contributed by atoms with Crippen molar-refractivity contribution in [2.45, 2.75) is 33.0 Å². The molecule has 22 heavy (non-hydrogen) atoms. The molecule has 0 aliphatic heterocycles. The van der Waals surface area contributed by atoms with Gasteiger partial charge in [0.2, 0.25) is 0 Å². The van der Waals surface area contributed by atoms with Crippen molar-refractivity contribution in [3.05, 3.63) is 58.5 Å². The Morgan fingerprint density at radius 1 is 1.32 bits per heavy atom. The summed E-state index contributed by atoms with van der Waals surface area (Å²) >= 11 is 0. The molecule has 0 amide bonds. The molecule has 1 aliphatic carbocycles. The zero-order chi connectivity index (χ0) is 16.5. The number of carbonyl (C=O) groups is 1. The van der Waals surface area contributed by atoms with Crippen LogP contribution in [0.3, 0.4) is 0 Å². The van der Waals surface area contributed by atoms with Gasteiger partial charge in [-0.2, -0.15) is 13.2 Å². The van der Waals surface area contributed by atoms with Crippen LogP contribution < -0.4 is 0 Å². The fourth-order valence-corrected chi connectivity index (χ4v) is 2.44. The van der Waals surface area contributed by atoms with Gasteiger partial charge in [-0.1, -0.05) is 24.3 Å². The van der Waals surface area contributed by atoms with Crippen LogP contribution in [0.4, 0.5) is 13.2 Å². The van der Waals surface area contributed by atoms with Gasteiger partial charge in [0, 0.05) is 17.9 Å². The molecular weight excluding hydrogens is 295 g/mol. The van der Waals surface area contributed by atoms with Gasteiger partial charge >= 0.3 is 12.1 Å². The van der Waals surface area contributed by atoms with Crippen molar-refractivity contribution in [1.82, 2.24) is 4.57 Å². The van der Waals surface area contributed by atoms with Crippen molar-refractivity contribution in [2.75, 3.05) is 0 Å². The average molecular weight is 311 g/mol. The molecular formula is C16H16F3NO2. The van der Waals surface area contributed by atoms with Crippen molar-refractivity contribution in [2.24, 2.45) is 0 Å². The van der Waals surface area contributed by atoms with Crippen LogP contribution in [0.25, 0.3) is 0 Å². The summed E-state index contributed by atoms with van der Waals surface area (Å²) in [6.45, 7) is 3.85. The van der Waals surface area contributed by atoms with Gasteiger partial charge in [-0.25, -0.2) is 4.79 Å². The lowest BCUT2D eigenvalue weighted by Gasteiger charge is -2.11. The monoisotopic (exact) mass is 311 g/mol. The van der Waals surface area contributed by atoms with E-state index in [1.165, 1.54) is 12.2 Å². The lowest BCUT2D eigenvalue weighted by molar-refractivity contribution is -0.0881. The Hall–Kier alpha value is -2.24. The van der Waals surface area contributed by atoms with Crippen LogP contribution >= 0.6 is 0 Å². The van der Waals surface area contributed by atoms with Gasteiger partial charge in [-0.15, -0.1) is 0 Å². The van der Waals surface area contributed by atoms with Gasteiger partial charge in [0.25, 0.3) is 0 Å². The van der Waals surface area contributed by atoms with Gasteiger partial charge < -0.3 is 9.67 Å². The Bertz CT molecular complexity index is 691. The standard InChI is InChI=1S/C16H16F3NO2/c1-10-8-14(15(21)22)11(2)20(10)9-12-4-3-5-13(7-6-12)16(17,18)19/h3,5-8H,4,9H2,1-2H3,(H,21,22). The summed E-state index contributed by atoms with van der Waals surface area (Å²) < 4.78 is 39.8. The SMILES string of the molecule is Cc1cc(C(=O)O)c(C)n1CC1=CC=C(C(F)(F)F)C=CC1. The zero-order valence-electron chi connectivity index (χ0n) is 12.2. The van der Waals surface area contributed by atoms with Gasteiger partial charge in [0.15, 0.2) is 0 Å². The Kier molecular flexibility index (Phi) is 4.30. The molecule has 0 saturated heterocycles. The number of halogens is 3. The summed E-state index contributed by atoms with van der Waals surface area (Å²) in [6, 6.07) is 1.57. The predicted octanol–water partition coefficient (Wildman–Crippen LogP) is 4.18. The highest BCUT2D eigenvalue weighted by Crippen LogP contribution is 2.29. The molecule has 6 heteroatoms. The van der Waals surface area contributed by atoms with Crippen LogP contribution in [0, 0.1) is 13.8 Å². The molecule has 0 spiro atoms. The summed E-state index contributed by atoms with van der Waals surface area (Å²) in [5.74, 6) is -1.01. The Morgan fingerprint density at radius 2 is 2.00 bits per heavy atom. The van der Waals surface area contributed by atoms with E-state index in [-0.39, 0.29) is 5.56 Å². The molecule has 0 atom stereocenters. The third-order valence-electron chi connectivity index (χ3n) is 3.67. The van der Waals surface area contributed by atoms with Crippen molar-refractivity contribution in [3.8, 4) is 0 Å². The maximum absolute atomic E-state index is 12.7. The van der Waals surface area contributed by atoms with Crippen LogP contribution in [0.2, 0.25) is 0 Å². The Labute approximate surface area is 126 Å². The van der Waals surface area contributed by atoms with Crippen LogP contribution in [-0.4, -0.2) is 21.8 Å². The largest absolute Gasteiger partial charge is 0.478 e. The molecule has 1 aromatic heterocycles. The van der Waals surface area contributed by atoms with Gasteiger partial charge in [0.05, 0.1) is 11.1 Å². The van der Waals surface area contributed by atoms with E-state index < -0.39 is 17.7 Å². The van der Waals surface area contributed by atoms with Gasteiger partial charge in [-0.05, 0) is 31.9 Å². The van der Waals surface area contributed by atoms with E-state index in [0.717, 1.165) is 23.4 Å². The van der Waals surface area contributed by atoms with Gasteiger partial charge in [0.1, 0.15) is 0 Å². The quantitative estimate of drug-likeness (QED) is 0.910. The summed E-state index contributed by atoms with van der Waals surface area (Å²) in [4.78, 5) is 11.1. The second-order valence-corrected chi connectivity index (χ2v) is 5.23. The van der Waals surface area contributed by atoms with Crippen LogP contribution in [0.15, 0.2) is 41.5 Å². The third kappa shape index (κ3) is 3.32. The molecule has 0 radical (unpaired) electrons. The molecule has 0 unspecified atom stereocenters. The van der Waals surface area contributed by atoms with Crippen LogP contribution in [0.1, 0.15) is 28.2 Å². The van der Waals surface area contributed by atoms with E-state index in [1.54, 1.807) is 24.5 Å². The molecule has 118 valence electrons. The third-order valence-corrected chi connectivity index (χ3v) is 3.67. The zero-order valence-corrected chi connectivity index (χ0v) is 12.2. The minimum Gasteiger partial charge on any atom is -0.478 e. The molecule has 2 rings (SSSR count). The maximum atomic E-state index is 12.7. The fourth-order valence-electron chi connectivity index (χ4n) is 2.44. The molecule has 0 aromatic carbocycles. The van der Waals surface area contributed by atoms with Crippen LogP contribution in [-0.2, 0) is 6.54 Å². The molecule has 3 nitrogen and oxygen atoms in total. The number of carboxylic acids is 1. The molecule has 1 N–H and O–H groups in total. The smallest absolute Gasteiger partial charge is 0.416 e. The normalized spacial score (nSPS) is 15.3. The number of carboxylic acid groups (broad SMARTS) is 1. The Morgan fingerprint density at radius 3 is 2.55 bits per heavy atom. The van der Waals surface area contributed by atoms with E-state index in [0.29, 0.717) is 18.7 Å². The second-order valence-electron chi connectivity index (χ2n) is 5.23. The number of allylic oxidation sites excluding steroid dienone is 6. The first-order chi connectivity index (χ1) is 10.2. The molecule has 0 bridgehead atoms. The molecule has 0 saturated carbocycles. The highest BCUT2D eigenvalue weighted by atomic mass is 19.4. The molecule has 0 fully saturated rings. The summed E-state index contributed by atoms with van der Waals surface area (Å²) in [5, 5.41) is 9.10. The number of aromatic nitrogens is 1. The summed E-state index contributed by atoms with van der Waals surface area (Å²) in [6.07, 6.45) is 1.10. The number of nitrogens with zero attached hydrogens (tertiary/aromatic N) is 1. The lowest BCUT2D eigenvalue weighted by Crippen LogP contribution is -2.09. The first kappa shape index (κ1) is 16.1. The number of rotatable bonds is 3. The van der Waals surface area contributed by atoms with E-state index in [2.05, 4.69) is 0 Å². The number of hydrogen-bond acceptors (Lipinski definition) is 1. The topological polar surface area (TPSA) is 42.2 Å². The van der Waals surface area contributed by atoms with Crippen molar-refractivity contribution in [3.63, 3.8) is 0 Å². The first-order valence-electron chi connectivity index (χ1n) is 6.73. The van der Waals surface area contributed by atoms with Crippen molar-refractivity contribution in [1.29, 1.82) is 0 Å².